The molecular weight excluding hydrogens is 378 g/mol. The van der Waals surface area contributed by atoms with E-state index in [2.05, 4.69) is 38.2 Å². The van der Waals surface area contributed by atoms with Crippen LogP contribution in [0.3, 0.4) is 0 Å². The van der Waals surface area contributed by atoms with E-state index in [1.54, 1.807) is 17.1 Å². The van der Waals surface area contributed by atoms with Crippen molar-refractivity contribution in [3.63, 3.8) is 0 Å². The van der Waals surface area contributed by atoms with Crippen LogP contribution in [0.4, 0.5) is 0 Å². The van der Waals surface area contributed by atoms with Crippen molar-refractivity contribution in [2.24, 2.45) is 7.05 Å². The molecule has 30 heavy (non-hydrogen) atoms. The maximum atomic E-state index is 6.03. The summed E-state index contributed by atoms with van der Waals surface area (Å²) in [6.07, 6.45) is 11.7. The number of nitrogens with zero attached hydrogens (tertiary/aromatic N) is 5. The van der Waals surface area contributed by atoms with Crippen LogP contribution in [-0.2, 0) is 19.9 Å². The van der Waals surface area contributed by atoms with Crippen LogP contribution in [0, 0.1) is 0 Å². The van der Waals surface area contributed by atoms with Gasteiger partial charge in [0.15, 0.2) is 0 Å². The molecular formula is C23H27N5O2. The first-order valence-corrected chi connectivity index (χ1v) is 10.7. The zero-order valence-corrected chi connectivity index (χ0v) is 17.3. The highest BCUT2D eigenvalue weighted by atomic mass is 16.5. The van der Waals surface area contributed by atoms with Gasteiger partial charge in [-0.1, -0.05) is 12.1 Å². The molecule has 0 amide bonds. The molecule has 0 aliphatic carbocycles. The van der Waals surface area contributed by atoms with Crippen LogP contribution in [0.2, 0.25) is 0 Å². The molecule has 2 aliphatic heterocycles. The van der Waals surface area contributed by atoms with Crippen molar-refractivity contribution in [1.29, 1.82) is 0 Å². The maximum absolute atomic E-state index is 6.03. The molecule has 2 aliphatic rings. The summed E-state index contributed by atoms with van der Waals surface area (Å²) in [7, 11) is 1.90. The largest absolute Gasteiger partial charge is 0.493 e. The van der Waals surface area contributed by atoms with Crippen molar-refractivity contribution in [3.8, 4) is 22.9 Å². The van der Waals surface area contributed by atoms with E-state index in [0.29, 0.717) is 6.01 Å². The van der Waals surface area contributed by atoms with E-state index < -0.39 is 0 Å². The first-order valence-electron chi connectivity index (χ1n) is 10.7. The van der Waals surface area contributed by atoms with Gasteiger partial charge in [0, 0.05) is 62.8 Å². The van der Waals surface area contributed by atoms with Crippen LogP contribution < -0.4 is 9.47 Å². The van der Waals surface area contributed by atoms with Crippen LogP contribution in [0.15, 0.2) is 43.0 Å². The lowest BCUT2D eigenvalue weighted by Gasteiger charge is -2.31. The highest BCUT2D eigenvalue weighted by molar-refractivity contribution is 5.59. The molecule has 5 rings (SSSR count). The molecule has 0 spiro atoms. The highest BCUT2D eigenvalue weighted by Gasteiger charge is 2.21. The van der Waals surface area contributed by atoms with Gasteiger partial charge in [-0.2, -0.15) is 5.10 Å². The number of piperidine rings is 1. The second kappa shape index (κ2) is 8.44. The Kier molecular flexibility index (Phi) is 5.36. The third-order valence-corrected chi connectivity index (χ3v) is 5.94. The van der Waals surface area contributed by atoms with Gasteiger partial charge >= 0.3 is 6.01 Å². The lowest BCUT2D eigenvalue weighted by atomic mass is 10.0. The second-order valence-electron chi connectivity index (χ2n) is 8.11. The molecule has 0 unspecified atom stereocenters. The number of hydrogen-bond acceptors (Lipinski definition) is 6. The van der Waals surface area contributed by atoms with Gasteiger partial charge in [-0.05, 0) is 36.5 Å². The summed E-state index contributed by atoms with van der Waals surface area (Å²) >= 11 is 0. The SMILES string of the molecule is Cn1cc(-c2cnc(OC3CCN(CCc4ccc5c(c4)CCO5)CC3)nc2)cn1. The van der Waals surface area contributed by atoms with Gasteiger partial charge in [-0.3, -0.25) is 4.68 Å². The van der Waals surface area contributed by atoms with E-state index in [1.807, 2.05) is 19.4 Å². The van der Waals surface area contributed by atoms with Crippen molar-refractivity contribution < 1.29 is 9.47 Å². The second-order valence-corrected chi connectivity index (χ2v) is 8.11. The number of fused-ring (bicyclic) bond motifs is 1. The molecule has 0 radical (unpaired) electrons. The zero-order chi connectivity index (χ0) is 20.3. The molecule has 7 heteroatoms. The Morgan fingerprint density at radius 1 is 1.10 bits per heavy atom. The van der Waals surface area contributed by atoms with E-state index in [9.17, 15) is 0 Å². The topological polar surface area (TPSA) is 65.3 Å². The molecule has 0 atom stereocenters. The van der Waals surface area contributed by atoms with E-state index >= 15 is 0 Å². The monoisotopic (exact) mass is 405 g/mol. The molecule has 2 aromatic heterocycles. The van der Waals surface area contributed by atoms with E-state index in [-0.39, 0.29) is 6.10 Å². The van der Waals surface area contributed by atoms with Gasteiger partial charge in [0.2, 0.25) is 0 Å². The van der Waals surface area contributed by atoms with Crippen LogP contribution >= 0.6 is 0 Å². The fourth-order valence-corrected chi connectivity index (χ4v) is 4.18. The fourth-order valence-electron chi connectivity index (χ4n) is 4.18. The van der Waals surface area contributed by atoms with Gasteiger partial charge in [0.25, 0.3) is 0 Å². The van der Waals surface area contributed by atoms with Gasteiger partial charge in [-0.15, -0.1) is 0 Å². The Bertz CT molecular complexity index is 993. The average molecular weight is 406 g/mol. The Balaban J connectivity index is 1.08. The van der Waals surface area contributed by atoms with E-state index in [4.69, 9.17) is 9.47 Å². The van der Waals surface area contributed by atoms with E-state index in [1.165, 1.54) is 11.1 Å². The molecule has 4 heterocycles. The zero-order valence-electron chi connectivity index (χ0n) is 17.3. The lowest BCUT2D eigenvalue weighted by Crippen LogP contribution is -2.39. The molecule has 1 saturated heterocycles. The summed E-state index contributed by atoms with van der Waals surface area (Å²) in [5, 5.41) is 4.19. The number of ether oxygens (including phenoxy) is 2. The number of likely N-dealkylation sites (tertiary alicyclic amines) is 1. The summed E-state index contributed by atoms with van der Waals surface area (Å²) < 4.78 is 13.4. The van der Waals surface area contributed by atoms with Gasteiger partial charge < -0.3 is 14.4 Å². The number of benzene rings is 1. The smallest absolute Gasteiger partial charge is 0.316 e. The standard InChI is InChI=1S/C23H27N5O2/c1-27-16-20(15-26-27)19-13-24-23(25-14-19)30-21-5-9-28(10-6-21)8-4-17-2-3-22-18(12-17)7-11-29-22/h2-3,12-16,21H,4-11H2,1H3. The third kappa shape index (κ3) is 4.31. The average Bonchev–Trinajstić information content (AvgIpc) is 3.42. The summed E-state index contributed by atoms with van der Waals surface area (Å²) in [6.45, 7) is 4.00. The predicted molar refractivity (Wildman–Crippen MR) is 114 cm³/mol. The van der Waals surface area contributed by atoms with Crippen LogP contribution in [0.25, 0.3) is 11.1 Å². The van der Waals surface area contributed by atoms with Gasteiger partial charge in [0.05, 0.1) is 12.8 Å². The third-order valence-electron chi connectivity index (χ3n) is 5.94. The Morgan fingerprint density at radius 3 is 2.70 bits per heavy atom. The number of aryl methyl sites for hydroxylation is 1. The van der Waals surface area contributed by atoms with Crippen molar-refractivity contribution >= 4 is 0 Å². The Hall–Kier alpha value is -2.93. The number of aromatic nitrogens is 4. The Morgan fingerprint density at radius 2 is 1.93 bits per heavy atom. The minimum atomic E-state index is 0.183. The fraction of sp³-hybridized carbons (Fsp3) is 0.435. The molecule has 7 nitrogen and oxygen atoms in total. The molecule has 0 N–H and O–H groups in total. The molecule has 0 bridgehead atoms. The molecule has 156 valence electrons. The quantitative estimate of drug-likeness (QED) is 0.628. The minimum Gasteiger partial charge on any atom is -0.493 e. The van der Waals surface area contributed by atoms with Crippen molar-refractivity contribution in [1.82, 2.24) is 24.6 Å². The minimum absolute atomic E-state index is 0.183. The number of hydrogen-bond donors (Lipinski definition) is 0. The van der Waals surface area contributed by atoms with Gasteiger partial charge in [0.1, 0.15) is 11.9 Å². The number of rotatable bonds is 6. The highest BCUT2D eigenvalue weighted by Crippen LogP contribution is 2.26. The molecule has 1 fully saturated rings. The van der Waals surface area contributed by atoms with E-state index in [0.717, 1.165) is 68.8 Å². The van der Waals surface area contributed by atoms with Crippen molar-refractivity contribution in [2.45, 2.75) is 31.8 Å². The molecule has 1 aromatic carbocycles. The molecule has 0 saturated carbocycles. The van der Waals surface area contributed by atoms with Crippen LogP contribution in [0.1, 0.15) is 24.0 Å². The lowest BCUT2D eigenvalue weighted by molar-refractivity contribution is 0.0934. The summed E-state index contributed by atoms with van der Waals surface area (Å²) in [4.78, 5) is 11.3. The molecule has 3 aromatic rings. The normalized spacial score (nSPS) is 17.0. The summed E-state index contributed by atoms with van der Waals surface area (Å²) in [5.74, 6) is 1.06. The summed E-state index contributed by atoms with van der Waals surface area (Å²) in [5.41, 5.74) is 4.71. The summed E-state index contributed by atoms with van der Waals surface area (Å²) in [6, 6.07) is 7.09. The maximum Gasteiger partial charge on any atom is 0.316 e. The van der Waals surface area contributed by atoms with Gasteiger partial charge in [-0.25, -0.2) is 9.97 Å². The van der Waals surface area contributed by atoms with Crippen molar-refractivity contribution in [2.75, 3.05) is 26.2 Å². The first-order chi connectivity index (χ1) is 14.7. The predicted octanol–water partition coefficient (Wildman–Crippen LogP) is 2.90. The van der Waals surface area contributed by atoms with Crippen LogP contribution in [-0.4, -0.2) is 57.0 Å². The Labute approximate surface area is 176 Å². The first kappa shape index (κ1) is 19.1. The van der Waals surface area contributed by atoms with Crippen molar-refractivity contribution in [3.05, 3.63) is 54.1 Å². The van der Waals surface area contributed by atoms with Crippen LogP contribution in [0.5, 0.6) is 11.8 Å².